The van der Waals surface area contributed by atoms with Crippen LogP contribution >= 0.6 is 0 Å². The molecule has 0 aliphatic heterocycles. The fourth-order valence-electron chi connectivity index (χ4n) is 2.76. The third kappa shape index (κ3) is 4.52. The predicted molar refractivity (Wildman–Crippen MR) is 109 cm³/mol. The molecule has 2 aromatic heterocycles. The molecular weight excluding hydrogens is 374 g/mol. The van der Waals surface area contributed by atoms with Gasteiger partial charge in [-0.2, -0.15) is 0 Å². The summed E-state index contributed by atoms with van der Waals surface area (Å²) in [7, 11) is -2.09. The van der Waals surface area contributed by atoms with Crippen molar-refractivity contribution in [2.24, 2.45) is 0 Å². The van der Waals surface area contributed by atoms with Gasteiger partial charge in [0.15, 0.2) is 5.82 Å². The van der Waals surface area contributed by atoms with Gasteiger partial charge in [0.05, 0.1) is 4.90 Å². The highest BCUT2D eigenvalue weighted by Crippen LogP contribution is 2.23. The van der Waals surface area contributed by atoms with E-state index in [1.54, 1.807) is 30.6 Å². The highest BCUT2D eigenvalue weighted by Gasteiger charge is 2.15. The maximum absolute atomic E-state index is 12.1. The Bertz CT molecular complexity index is 1060. The van der Waals surface area contributed by atoms with Crippen LogP contribution in [0.25, 0.3) is 11.4 Å². The highest BCUT2D eigenvalue weighted by molar-refractivity contribution is 7.89. The zero-order valence-corrected chi connectivity index (χ0v) is 16.9. The Morgan fingerprint density at radius 2 is 1.82 bits per heavy atom. The van der Waals surface area contributed by atoms with Gasteiger partial charge in [-0.25, -0.2) is 23.1 Å². The fraction of sp³-hybridized carbons (Fsp3) is 0.250. The summed E-state index contributed by atoms with van der Waals surface area (Å²) in [5.74, 6) is 1.32. The maximum Gasteiger partial charge on any atom is 0.240 e. The molecule has 1 unspecified atom stereocenters. The second kappa shape index (κ2) is 8.45. The van der Waals surface area contributed by atoms with E-state index >= 15 is 0 Å². The number of nitrogens with one attached hydrogen (secondary N) is 2. The Balaban J connectivity index is 1.90. The van der Waals surface area contributed by atoms with Crippen molar-refractivity contribution in [3.63, 3.8) is 0 Å². The Morgan fingerprint density at radius 3 is 2.50 bits per heavy atom. The standard InChI is InChI=1S/C20H23N5O2S/c1-4-17-13-19(25-20(24-17)15-8-10-22-11-9-15)23-14(2)16-6-5-7-18(12-16)28(26,27)21-3/h5-14,21H,4H2,1-3H3,(H,23,24,25). The lowest BCUT2D eigenvalue weighted by atomic mass is 10.1. The molecule has 2 N–H and O–H groups in total. The number of anilines is 1. The summed E-state index contributed by atoms with van der Waals surface area (Å²) < 4.78 is 26.5. The molecule has 0 saturated carbocycles. The van der Waals surface area contributed by atoms with Gasteiger partial charge >= 0.3 is 0 Å². The molecule has 0 aliphatic carbocycles. The molecule has 0 fully saturated rings. The number of benzene rings is 1. The number of hydrogen-bond donors (Lipinski definition) is 2. The van der Waals surface area contributed by atoms with Gasteiger partial charge in [0, 0.05) is 35.8 Å². The van der Waals surface area contributed by atoms with E-state index in [-0.39, 0.29) is 10.9 Å². The van der Waals surface area contributed by atoms with Crippen molar-refractivity contribution in [2.75, 3.05) is 12.4 Å². The van der Waals surface area contributed by atoms with Crippen LogP contribution in [0.15, 0.2) is 59.8 Å². The summed E-state index contributed by atoms with van der Waals surface area (Å²) in [6.07, 6.45) is 4.20. The lowest BCUT2D eigenvalue weighted by Crippen LogP contribution is -2.19. The van der Waals surface area contributed by atoms with Gasteiger partial charge in [-0.05, 0) is 50.2 Å². The van der Waals surface area contributed by atoms with Crippen LogP contribution in [-0.2, 0) is 16.4 Å². The van der Waals surface area contributed by atoms with Gasteiger partial charge in [-0.3, -0.25) is 4.98 Å². The average molecular weight is 398 g/mol. The topological polar surface area (TPSA) is 96.9 Å². The highest BCUT2D eigenvalue weighted by atomic mass is 32.2. The van der Waals surface area contributed by atoms with E-state index in [0.717, 1.165) is 23.2 Å². The average Bonchev–Trinajstić information content (AvgIpc) is 2.74. The van der Waals surface area contributed by atoms with Crippen molar-refractivity contribution in [3.05, 3.63) is 66.1 Å². The van der Waals surface area contributed by atoms with Gasteiger partial charge in [-0.15, -0.1) is 0 Å². The van der Waals surface area contributed by atoms with E-state index in [9.17, 15) is 8.42 Å². The largest absolute Gasteiger partial charge is 0.363 e. The minimum Gasteiger partial charge on any atom is -0.363 e. The summed E-state index contributed by atoms with van der Waals surface area (Å²) in [4.78, 5) is 13.5. The number of pyridine rings is 1. The molecule has 0 bridgehead atoms. The normalized spacial score (nSPS) is 12.5. The molecule has 1 atom stereocenters. The van der Waals surface area contributed by atoms with Gasteiger partial charge in [0.2, 0.25) is 10.0 Å². The van der Waals surface area contributed by atoms with Crippen molar-refractivity contribution in [2.45, 2.75) is 31.2 Å². The number of hydrogen-bond acceptors (Lipinski definition) is 6. The first-order valence-electron chi connectivity index (χ1n) is 9.01. The molecule has 3 aromatic rings. The van der Waals surface area contributed by atoms with Crippen molar-refractivity contribution < 1.29 is 8.42 Å². The van der Waals surface area contributed by atoms with E-state index in [1.165, 1.54) is 7.05 Å². The van der Waals surface area contributed by atoms with Crippen LogP contribution in [0.2, 0.25) is 0 Å². The summed E-state index contributed by atoms with van der Waals surface area (Å²) in [5, 5.41) is 3.36. The molecule has 28 heavy (non-hydrogen) atoms. The minimum atomic E-state index is -3.49. The zero-order chi connectivity index (χ0) is 20.1. The molecule has 0 saturated heterocycles. The van der Waals surface area contributed by atoms with Crippen LogP contribution in [-0.4, -0.2) is 30.4 Å². The molecule has 8 heteroatoms. The minimum absolute atomic E-state index is 0.142. The summed E-state index contributed by atoms with van der Waals surface area (Å²) >= 11 is 0. The van der Waals surface area contributed by atoms with Crippen LogP contribution in [0.1, 0.15) is 31.1 Å². The van der Waals surface area contributed by atoms with Crippen LogP contribution in [0, 0.1) is 0 Å². The monoisotopic (exact) mass is 397 g/mol. The first-order valence-corrected chi connectivity index (χ1v) is 10.5. The van der Waals surface area contributed by atoms with E-state index in [0.29, 0.717) is 11.6 Å². The predicted octanol–water partition coefficient (Wildman–Crippen LogP) is 3.18. The van der Waals surface area contributed by atoms with Crippen LogP contribution in [0.4, 0.5) is 5.82 Å². The molecule has 0 spiro atoms. The molecule has 1 aromatic carbocycles. The van der Waals surface area contributed by atoms with Gasteiger partial charge in [0.25, 0.3) is 0 Å². The van der Waals surface area contributed by atoms with Crippen LogP contribution < -0.4 is 10.0 Å². The number of rotatable bonds is 7. The zero-order valence-electron chi connectivity index (χ0n) is 16.0. The Labute approximate surface area is 165 Å². The van der Waals surface area contributed by atoms with Crippen LogP contribution in [0.5, 0.6) is 0 Å². The van der Waals surface area contributed by atoms with Crippen LogP contribution in [0.3, 0.4) is 0 Å². The van der Waals surface area contributed by atoms with Gasteiger partial charge in [0.1, 0.15) is 5.82 Å². The third-order valence-electron chi connectivity index (χ3n) is 4.38. The van der Waals surface area contributed by atoms with E-state index < -0.39 is 10.0 Å². The SMILES string of the molecule is CCc1cc(NC(C)c2cccc(S(=O)(=O)NC)c2)nc(-c2ccncc2)n1. The number of aryl methyl sites for hydroxylation is 1. The smallest absolute Gasteiger partial charge is 0.240 e. The first-order chi connectivity index (χ1) is 13.4. The van der Waals surface area contributed by atoms with Crippen molar-refractivity contribution in [1.82, 2.24) is 19.7 Å². The summed E-state index contributed by atoms with van der Waals surface area (Å²) in [6.45, 7) is 4.00. The summed E-state index contributed by atoms with van der Waals surface area (Å²) in [6, 6.07) is 12.4. The third-order valence-corrected chi connectivity index (χ3v) is 5.79. The van der Waals surface area contributed by atoms with Crippen molar-refractivity contribution in [3.8, 4) is 11.4 Å². The van der Waals surface area contributed by atoms with E-state index in [4.69, 9.17) is 0 Å². The maximum atomic E-state index is 12.1. The van der Waals surface area contributed by atoms with E-state index in [1.807, 2.05) is 38.1 Å². The molecule has 0 amide bonds. The first kappa shape index (κ1) is 19.9. The van der Waals surface area contributed by atoms with E-state index in [2.05, 4.69) is 25.0 Å². The van der Waals surface area contributed by atoms with Gasteiger partial charge in [-0.1, -0.05) is 19.1 Å². The van der Waals surface area contributed by atoms with Gasteiger partial charge < -0.3 is 5.32 Å². The molecular formula is C20H23N5O2S. The fourth-order valence-corrected chi connectivity index (χ4v) is 3.54. The summed E-state index contributed by atoms with van der Waals surface area (Å²) in [5.41, 5.74) is 2.66. The second-order valence-electron chi connectivity index (χ2n) is 6.30. The Kier molecular flexibility index (Phi) is 6.01. The molecule has 0 radical (unpaired) electrons. The molecule has 3 rings (SSSR count). The molecule has 7 nitrogen and oxygen atoms in total. The molecule has 2 heterocycles. The Morgan fingerprint density at radius 1 is 1.07 bits per heavy atom. The Hall–Kier alpha value is -2.84. The lowest BCUT2D eigenvalue weighted by Gasteiger charge is -2.17. The molecule has 0 aliphatic rings. The quantitative estimate of drug-likeness (QED) is 0.636. The second-order valence-corrected chi connectivity index (χ2v) is 8.19. The number of aromatic nitrogens is 3. The molecule has 146 valence electrons. The van der Waals surface area contributed by atoms with Crippen molar-refractivity contribution in [1.29, 1.82) is 0 Å². The number of sulfonamides is 1. The lowest BCUT2D eigenvalue weighted by molar-refractivity contribution is 0.588. The van der Waals surface area contributed by atoms with Crippen molar-refractivity contribution >= 4 is 15.8 Å². The number of nitrogens with zero attached hydrogens (tertiary/aromatic N) is 3.